The van der Waals surface area contributed by atoms with E-state index in [1.165, 1.54) is 0 Å². The van der Waals surface area contributed by atoms with Crippen molar-refractivity contribution in [1.82, 2.24) is 4.68 Å². The molecule has 1 fully saturated rings. The second kappa shape index (κ2) is 5.89. The average Bonchev–Trinajstić information content (AvgIpc) is 2.56. The van der Waals surface area contributed by atoms with Gasteiger partial charge >= 0.3 is 0 Å². The van der Waals surface area contributed by atoms with Crippen LogP contribution in [0.25, 0.3) is 10.9 Å². The summed E-state index contributed by atoms with van der Waals surface area (Å²) in [5, 5.41) is 15.6. The molecule has 2 aromatic rings. The minimum absolute atomic E-state index is 0.116. The minimum atomic E-state index is -0.707. The van der Waals surface area contributed by atoms with E-state index < -0.39 is 5.54 Å². The van der Waals surface area contributed by atoms with Gasteiger partial charge in [-0.15, -0.1) is 6.58 Å². The molecular weight excluding hydrogens is 292 g/mol. The molecule has 0 saturated carbocycles. The number of piperidine rings is 1. The van der Waals surface area contributed by atoms with Crippen LogP contribution in [0, 0.1) is 0 Å². The quantitative estimate of drug-likeness (QED) is 0.510. The Kier molecular flexibility index (Phi) is 3.92. The number of nitrogens with zero attached hydrogens (tertiary/aromatic N) is 3. The van der Waals surface area contributed by atoms with E-state index in [0.717, 1.165) is 10.9 Å². The number of nitrogens with two attached hydrogens (primary N) is 1. The second-order valence-corrected chi connectivity index (χ2v) is 5.88. The fraction of sp³-hybridized carbons (Fsp3) is 0.294. The van der Waals surface area contributed by atoms with Gasteiger partial charge in [-0.3, -0.25) is 4.79 Å². The molecule has 3 rings (SSSR count). The lowest BCUT2D eigenvalue weighted by atomic mass is 9.84. The maximum absolute atomic E-state index is 12.4. The molecular formula is C17H20N4O2. The highest BCUT2D eigenvalue weighted by Gasteiger charge is 2.37. The van der Waals surface area contributed by atoms with Gasteiger partial charge in [-0.1, -0.05) is 29.4 Å². The molecule has 120 valence electrons. The first-order valence-electron chi connectivity index (χ1n) is 7.56. The van der Waals surface area contributed by atoms with Crippen LogP contribution in [0.15, 0.2) is 59.0 Å². The van der Waals surface area contributed by atoms with Crippen LogP contribution < -0.4 is 16.3 Å². The van der Waals surface area contributed by atoms with Crippen molar-refractivity contribution in [2.75, 3.05) is 18.1 Å². The lowest BCUT2D eigenvalue weighted by Gasteiger charge is -2.40. The van der Waals surface area contributed by atoms with Gasteiger partial charge in [0.15, 0.2) is 0 Å². The van der Waals surface area contributed by atoms with Gasteiger partial charge in [0, 0.05) is 18.0 Å². The van der Waals surface area contributed by atoms with Gasteiger partial charge in [0.05, 0.1) is 23.3 Å². The molecule has 0 amide bonds. The van der Waals surface area contributed by atoms with Gasteiger partial charge in [0.1, 0.15) is 0 Å². The molecule has 0 radical (unpaired) electrons. The van der Waals surface area contributed by atoms with Crippen molar-refractivity contribution in [2.24, 2.45) is 10.9 Å². The average molecular weight is 312 g/mol. The molecule has 6 heteroatoms. The zero-order valence-electron chi connectivity index (χ0n) is 12.9. The highest BCUT2D eigenvalue weighted by molar-refractivity contribution is 5.97. The fourth-order valence-electron chi connectivity index (χ4n) is 3.13. The number of fused-ring (bicyclic) bond motifs is 1. The molecule has 6 nitrogen and oxygen atoms in total. The van der Waals surface area contributed by atoms with E-state index >= 15 is 0 Å². The van der Waals surface area contributed by atoms with E-state index in [2.05, 4.69) is 11.7 Å². The molecule has 23 heavy (non-hydrogen) atoms. The van der Waals surface area contributed by atoms with Gasteiger partial charge in [-0.25, -0.2) is 4.68 Å². The number of hydrogen-bond acceptors (Lipinski definition) is 5. The van der Waals surface area contributed by atoms with E-state index in [4.69, 9.17) is 5.73 Å². The molecule has 1 aromatic carbocycles. The Labute approximate surface area is 134 Å². The minimum Gasteiger partial charge on any atom is -0.411 e. The fourth-order valence-corrected chi connectivity index (χ4v) is 3.13. The first-order valence-corrected chi connectivity index (χ1v) is 7.56. The van der Waals surface area contributed by atoms with Crippen LogP contribution in [-0.2, 0) is 0 Å². The highest BCUT2D eigenvalue weighted by atomic mass is 16.4. The molecule has 0 bridgehead atoms. The molecule has 3 N–H and O–H groups in total. The molecule has 1 saturated heterocycles. The Hall–Kier alpha value is -2.60. The molecule has 2 heterocycles. The first-order chi connectivity index (χ1) is 11.1. The summed E-state index contributed by atoms with van der Waals surface area (Å²) in [4.78, 5) is 12.4. The Balaban J connectivity index is 2.03. The van der Waals surface area contributed by atoms with Crippen molar-refractivity contribution in [3.63, 3.8) is 0 Å². The van der Waals surface area contributed by atoms with Crippen LogP contribution in [0.2, 0.25) is 0 Å². The van der Waals surface area contributed by atoms with E-state index in [1.807, 2.05) is 35.3 Å². The largest absolute Gasteiger partial charge is 0.411 e. The molecule has 1 atom stereocenters. The molecule has 0 aliphatic carbocycles. The van der Waals surface area contributed by atoms with Crippen LogP contribution in [0.5, 0.6) is 0 Å². The number of oxime groups is 1. The Morgan fingerprint density at radius 3 is 2.87 bits per heavy atom. The Morgan fingerprint density at radius 2 is 2.13 bits per heavy atom. The summed E-state index contributed by atoms with van der Waals surface area (Å²) in [6.45, 7) is 4.61. The van der Waals surface area contributed by atoms with Crippen molar-refractivity contribution in [2.45, 2.75) is 18.4 Å². The lowest BCUT2D eigenvalue weighted by Crippen LogP contribution is -2.61. The summed E-state index contributed by atoms with van der Waals surface area (Å²) in [5.74, 6) is 0. The molecule has 1 aliphatic rings. The lowest BCUT2D eigenvalue weighted by molar-refractivity contribution is 0.305. The molecule has 1 unspecified atom stereocenters. The molecule has 1 aromatic heterocycles. The predicted octanol–water partition coefficient (Wildman–Crippen LogP) is 1.45. The first kappa shape index (κ1) is 15.3. The van der Waals surface area contributed by atoms with Crippen molar-refractivity contribution in [1.29, 1.82) is 0 Å². The third kappa shape index (κ3) is 2.61. The van der Waals surface area contributed by atoms with Crippen molar-refractivity contribution < 1.29 is 5.21 Å². The summed E-state index contributed by atoms with van der Waals surface area (Å²) < 4.78 is 1.63. The zero-order chi connectivity index (χ0) is 16.4. The summed E-state index contributed by atoms with van der Waals surface area (Å²) in [6, 6.07) is 11.1. The van der Waals surface area contributed by atoms with E-state index in [9.17, 15) is 10.0 Å². The van der Waals surface area contributed by atoms with Gasteiger partial charge in [-0.05, 0) is 25.0 Å². The van der Waals surface area contributed by atoms with Crippen molar-refractivity contribution in [3.05, 3.63) is 59.4 Å². The topological polar surface area (TPSA) is 83.8 Å². The maximum Gasteiger partial charge on any atom is 0.269 e. The smallest absolute Gasteiger partial charge is 0.269 e. The standard InChI is InChI=1S/C17H20N4O2/c1-2-9-17(18)10-11-20(12-15(17)19-23)21-14-6-4-3-5-13(14)7-8-16(21)22/h2-8,23H,1,9-12,18H2. The number of pyridine rings is 1. The SMILES string of the molecule is C=CCC1(N)CCN(n2c(=O)ccc3ccccc32)CC1=NO. The van der Waals surface area contributed by atoms with Crippen LogP contribution in [0.3, 0.4) is 0 Å². The highest BCUT2D eigenvalue weighted by Crippen LogP contribution is 2.22. The van der Waals surface area contributed by atoms with Crippen LogP contribution in [0.1, 0.15) is 12.8 Å². The summed E-state index contributed by atoms with van der Waals surface area (Å²) in [5.41, 5.74) is 6.80. The third-order valence-electron chi connectivity index (χ3n) is 4.41. The number of rotatable bonds is 3. The van der Waals surface area contributed by atoms with E-state index in [-0.39, 0.29) is 5.56 Å². The predicted molar refractivity (Wildman–Crippen MR) is 91.7 cm³/mol. The van der Waals surface area contributed by atoms with Gasteiger partial charge < -0.3 is 15.9 Å². The van der Waals surface area contributed by atoms with E-state index in [0.29, 0.717) is 31.6 Å². The number of benzene rings is 1. The summed E-state index contributed by atoms with van der Waals surface area (Å²) in [6.07, 6.45) is 2.84. The normalized spacial score (nSPS) is 23.3. The van der Waals surface area contributed by atoms with Gasteiger partial charge in [-0.2, -0.15) is 0 Å². The van der Waals surface area contributed by atoms with Gasteiger partial charge in [0.25, 0.3) is 5.56 Å². The Morgan fingerprint density at radius 1 is 1.35 bits per heavy atom. The molecule has 0 spiro atoms. The van der Waals surface area contributed by atoms with Crippen molar-refractivity contribution >= 4 is 16.6 Å². The molecule has 1 aliphatic heterocycles. The van der Waals surface area contributed by atoms with E-state index in [1.54, 1.807) is 16.8 Å². The number of hydrogen-bond donors (Lipinski definition) is 2. The summed E-state index contributed by atoms with van der Waals surface area (Å²) >= 11 is 0. The second-order valence-electron chi connectivity index (χ2n) is 5.88. The number of para-hydroxylation sites is 1. The van der Waals surface area contributed by atoms with Crippen LogP contribution >= 0.6 is 0 Å². The van der Waals surface area contributed by atoms with Crippen LogP contribution in [-0.4, -0.2) is 34.2 Å². The van der Waals surface area contributed by atoms with Gasteiger partial charge in [0.2, 0.25) is 0 Å². The van der Waals surface area contributed by atoms with Crippen molar-refractivity contribution in [3.8, 4) is 0 Å². The zero-order valence-corrected chi connectivity index (χ0v) is 12.9. The number of aromatic nitrogens is 1. The third-order valence-corrected chi connectivity index (χ3v) is 4.41. The summed E-state index contributed by atoms with van der Waals surface area (Å²) in [7, 11) is 0. The van der Waals surface area contributed by atoms with Crippen LogP contribution in [0.4, 0.5) is 0 Å². The monoisotopic (exact) mass is 312 g/mol. The maximum atomic E-state index is 12.4. The Bertz CT molecular complexity index is 827.